The maximum Gasteiger partial charge on any atom is 0.416 e. The minimum atomic E-state index is -4.32. The third kappa shape index (κ3) is 2.92. The standard InChI is InChI=1S/C18H22F3N3/c19-18(20,21)14-6-7-17-15(10-14)22-12-24(17)11-13-4-3-9-23-8-2-1-5-16(13)23/h6-7,10,12-13,16H,1-5,8-9,11H2/t13-,16-/m1/s1. The van der Waals surface area contributed by atoms with E-state index in [0.717, 1.165) is 24.2 Å². The van der Waals surface area contributed by atoms with Crippen LogP contribution in [0.2, 0.25) is 0 Å². The van der Waals surface area contributed by atoms with Gasteiger partial charge in [0.1, 0.15) is 0 Å². The number of halogens is 3. The Hall–Kier alpha value is -1.56. The van der Waals surface area contributed by atoms with Crippen LogP contribution in [0.25, 0.3) is 11.0 Å². The molecule has 4 rings (SSSR count). The van der Waals surface area contributed by atoms with Gasteiger partial charge in [-0.15, -0.1) is 0 Å². The second-order valence-corrected chi connectivity index (χ2v) is 7.10. The van der Waals surface area contributed by atoms with Gasteiger partial charge in [-0.2, -0.15) is 13.2 Å². The molecule has 3 nitrogen and oxygen atoms in total. The van der Waals surface area contributed by atoms with Crippen molar-refractivity contribution in [3.63, 3.8) is 0 Å². The Morgan fingerprint density at radius 1 is 1.08 bits per heavy atom. The minimum Gasteiger partial charge on any atom is -0.330 e. The quantitative estimate of drug-likeness (QED) is 0.814. The summed E-state index contributed by atoms with van der Waals surface area (Å²) in [5.41, 5.74) is 0.605. The van der Waals surface area contributed by atoms with Crippen molar-refractivity contribution in [2.75, 3.05) is 13.1 Å². The molecule has 0 bridgehead atoms. The number of benzene rings is 1. The van der Waals surface area contributed by atoms with E-state index in [0.29, 0.717) is 17.5 Å². The predicted octanol–water partition coefficient (Wildman–Crippen LogP) is 4.32. The van der Waals surface area contributed by atoms with E-state index in [4.69, 9.17) is 0 Å². The Morgan fingerprint density at radius 3 is 2.75 bits per heavy atom. The number of hydrogen-bond acceptors (Lipinski definition) is 2. The lowest BCUT2D eigenvalue weighted by atomic mass is 9.83. The molecule has 1 aromatic carbocycles. The Morgan fingerprint density at radius 2 is 1.92 bits per heavy atom. The van der Waals surface area contributed by atoms with E-state index in [-0.39, 0.29) is 0 Å². The minimum absolute atomic E-state index is 0.432. The summed E-state index contributed by atoms with van der Waals surface area (Å²) in [7, 11) is 0. The lowest BCUT2D eigenvalue weighted by molar-refractivity contribution is -0.137. The summed E-state index contributed by atoms with van der Waals surface area (Å²) in [6.45, 7) is 3.24. The molecule has 0 N–H and O–H groups in total. The number of nitrogens with zero attached hydrogens (tertiary/aromatic N) is 3. The summed E-state index contributed by atoms with van der Waals surface area (Å²) in [6, 6.07) is 4.50. The zero-order valence-electron chi connectivity index (χ0n) is 13.6. The molecule has 130 valence electrons. The first kappa shape index (κ1) is 15.9. The molecule has 0 aliphatic carbocycles. The van der Waals surface area contributed by atoms with Gasteiger partial charge in [-0.25, -0.2) is 4.98 Å². The monoisotopic (exact) mass is 337 g/mol. The summed E-state index contributed by atoms with van der Waals surface area (Å²) in [5, 5.41) is 0. The van der Waals surface area contributed by atoms with Gasteiger partial charge in [-0.05, 0) is 62.9 Å². The van der Waals surface area contributed by atoms with Crippen molar-refractivity contribution >= 4 is 11.0 Å². The van der Waals surface area contributed by atoms with E-state index >= 15 is 0 Å². The van der Waals surface area contributed by atoms with Gasteiger partial charge >= 0.3 is 6.18 Å². The van der Waals surface area contributed by atoms with Crippen molar-refractivity contribution in [2.24, 2.45) is 5.92 Å². The first-order valence-electron chi connectivity index (χ1n) is 8.78. The molecule has 1 aromatic heterocycles. The Balaban J connectivity index is 1.58. The average Bonchev–Trinajstić information content (AvgIpc) is 2.97. The number of fused-ring (bicyclic) bond motifs is 2. The SMILES string of the molecule is FC(F)(F)c1ccc2c(c1)ncn2C[C@H]1CCCN2CCCC[C@H]12. The number of hydrogen-bond donors (Lipinski definition) is 0. The highest BCUT2D eigenvalue weighted by Gasteiger charge is 2.34. The van der Waals surface area contributed by atoms with Crippen LogP contribution in [0.1, 0.15) is 37.7 Å². The fraction of sp³-hybridized carbons (Fsp3) is 0.611. The molecular formula is C18H22F3N3. The molecule has 2 aliphatic heterocycles. The fourth-order valence-corrected chi connectivity index (χ4v) is 4.43. The number of piperidine rings is 2. The van der Waals surface area contributed by atoms with Crippen molar-refractivity contribution in [3.05, 3.63) is 30.1 Å². The molecule has 3 heterocycles. The summed E-state index contributed by atoms with van der Waals surface area (Å²) >= 11 is 0. The van der Waals surface area contributed by atoms with Gasteiger partial charge < -0.3 is 9.47 Å². The van der Waals surface area contributed by atoms with Crippen molar-refractivity contribution in [1.29, 1.82) is 0 Å². The summed E-state index contributed by atoms with van der Waals surface area (Å²) in [6.07, 6.45) is 3.62. The maximum atomic E-state index is 12.8. The highest BCUT2D eigenvalue weighted by atomic mass is 19.4. The highest BCUT2D eigenvalue weighted by molar-refractivity contribution is 5.76. The van der Waals surface area contributed by atoms with Gasteiger partial charge in [0.15, 0.2) is 0 Å². The van der Waals surface area contributed by atoms with E-state index < -0.39 is 11.7 Å². The Kier molecular flexibility index (Phi) is 4.03. The average molecular weight is 337 g/mol. The lowest BCUT2D eigenvalue weighted by Gasteiger charge is -2.44. The smallest absolute Gasteiger partial charge is 0.330 e. The van der Waals surface area contributed by atoms with E-state index in [2.05, 4.69) is 9.88 Å². The number of rotatable bonds is 2. The van der Waals surface area contributed by atoms with Crippen LogP contribution in [0, 0.1) is 5.92 Å². The van der Waals surface area contributed by atoms with Crippen LogP contribution < -0.4 is 0 Å². The van der Waals surface area contributed by atoms with Crippen LogP contribution in [-0.4, -0.2) is 33.6 Å². The zero-order chi connectivity index (χ0) is 16.7. The van der Waals surface area contributed by atoms with Crippen molar-refractivity contribution in [1.82, 2.24) is 14.5 Å². The van der Waals surface area contributed by atoms with Crippen molar-refractivity contribution in [3.8, 4) is 0 Å². The van der Waals surface area contributed by atoms with E-state index in [9.17, 15) is 13.2 Å². The molecule has 0 amide bonds. The molecule has 2 fully saturated rings. The molecule has 0 radical (unpaired) electrons. The molecule has 0 unspecified atom stereocenters. The Labute approximate surface area is 139 Å². The van der Waals surface area contributed by atoms with Crippen LogP contribution in [0.15, 0.2) is 24.5 Å². The summed E-state index contributed by atoms with van der Waals surface area (Å²) in [4.78, 5) is 6.82. The molecule has 6 heteroatoms. The van der Waals surface area contributed by atoms with E-state index in [1.165, 1.54) is 45.2 Å². The van der Waals surface area contributed by atoms with Gasteiger partial charge in [0.25, 0.3) is 0 Å². The van der Waals surface area contributed by atoms with Gasteiger partial charge in [-0.3, -0.25) is 0 Å². The van der Waals surface area contributed by atoms with Gasteiger partial charge in [-0.1, -0.05) is 6.42 Å². The van der Waals surface area contributed by atoms with Gasteiger partial charge in [0.05, 0.1) is 22.9 Å². The van der Waals surface area contributed by atoms with Gasteiger partial charge in [0, 0.05) is 12.6 Å². The maximum absolute atomic E-state index is 12.8. The molecule has 24 heavy (non-hydrogen) atoms. The molecular weight excluding hydrogens is 315 g/mol. The normalized spacial score (nSPS) is 25.8. The van der Waals surface area contributed by atoms with E-state index in [1.807, 2.05) is 4.57 Å². The molecule has 0 spiro atoms. The first-order chi connectivity index (χ1) is 11.5. The number of aromatic nitrogens is 2. The third-order valence-corrected chi connectivity index (χ3v) is 5.61. The van der Waals surface area contributed by atoms with Crippen LogP contribution in [0.5, 0.6) is 0 Å². The van der Waals surface area contributed by atoms with Crippen molar-refractivity contribution < 1.29 is 13.2 Å². The Bertz CT molecular complexity index is 720. The molecule has 2 aliphatic rings. The molecule has 2 atom stereocenters. The van der Waals surface area contributed by atoms with Crippen molar-refractivity contribution in [2.45, 2.75) is 50.9 Å². The lowest BCUT2D eigenvalue weighted by Crippen LogP contribution is -2.48. The largest absolute Gasteiger partial charge is 0.416 e. The number of imidazole rings is 1. The molecule has 0 saturated carbocycles. The predicted molar refractivity (Wildman–Crippen MR) is 86.7 cm³/mol. The summed E-state index contributed by atoms with van der Waals surface area (Å²) < 4.78 is 40.6. The highest BCUT2D eigenvalue weighted by Crippen LogP contribution is 2.34. The van der Waals surface area contributed by atoms with Gasteiger partial charge in [0.2, 0.25) is 0 Å². The van der Waals surface area contributed by atoms with Crippen LogP contribution in [0.4, 0.5) is 13.2 Å². The second-order valence-electron chi connectivity index (χ2n) is 7.10. The van der Waals surface area contributed by atoms with Crippen LogP contribution in [-0.2, 0) is 12.7 Å². The number of alkyl halides is 3. The zero-order valence-corrected chi connectivity index (χ0v) is 13.6. The second kappa shape index (κ2) is 6.06. The fourth-order valence-electron chi connectivity index (χ4n) is 4.43. The third-order valence-electron chi connectivity index (χ3n) is 5.61. The first-order valence-corrected chi connectivity index (χ1v) is 8.78. The van der Waals surface area contributed by atoms with E-state index in [1.54, 1.807) is 12.4 Å². The van der Waals surface area contributed by atoms with Crippen LogP contribution >= 0.6 is 0 Å². The molecule has 2 aromatic rings. The molecule has 2 saturated heterocycles. The topological polar surface area (TPSA) is 21.1 Å². The van der Waals surface area contributed by atoms with Crippen LogP contribution in [0.3, 0.4) is 0 Å². The summed E-state index contributed by atoms with van der Waals surface area (Å²) in [5.74, 6) is 0.568.